The molecule has 0 aliphatic carbocycles. The Bertz CT molecular complexity index is 557. The van der Waals surface area contributed by atoms with Gasteiger partial charge in [0.25, 0.3) is 5.69 Å². The molecule has 0 bridgehead atoms. The molecule has 0 atom stereocenters. The summed E-state index contributed by atoms with van der Waals surface area (Å²) in [6, 6.07) is 3.76. The molecular weight excluding hydrogens is 270 g/mol. The highest BCUT2D eigenvalue weighted by Crippen LogP contribution is 2.26. The highest BCUT2D eigenvalue weighted by molar-refractivity contribution is 7.89. The second-order valence-electron chi connectivity index (χ2n) is 3.87. The zero-order valence-corrected chi connectivity index (χ0v) is 11.7. The summed E-state index contributed by atoms with van der Waals surface area (Å²) in [6.45, 7) is 4.40. The standard InChI is InChI=1S/C11H17N3O4S/c1-3-7-12-10-6-5-9(14(15)16)8-11(10)19(17,18)13-4-2/h5-6,8,12-13H,3-4,7H2,1-2H3. The summed E-state index contributed by atoms with van der Waals surface area (Å²) >= 11 is 0. The van der Waals surface area contributed by atoms with Gasteiger partial charge in [-0.2, -0.15) is 0 Å². The van der Waals surface area contributed by atoms with Crippen LogP contribution in [0, 0.1) is 10.1 Å². The maximum atomic E-state index is 12.0. The van der Waals surface area contributed by atoms with E-state index in [1.165, 1.54) is 12.1 Å². The Morgan fingerprint density at radius 1 is 1.32 bits per heavy atom. The molecule has 1 rings (SSSR count). The third-order valence-electron chi connectivity index (χ3n) is 2.37. The van der Waals surface area contributed by atoms with Gasteiger partial charge in [0.1, 0.15) is 4.90 Å². The number of anilines is 1. The average Bonchev–Trinajstić information content (AvgIpc) is 2.35. The number of sulfonamides is 1. The number of nitrogens with one attached hydrogen (secondary N) is 2. The van der Waals surface area contributed by atoms with Crippen LogP contribution in [0.1, 0.15) is 20.3 Å². The minimum absolute atomic E-state index is 0.1000. The third-order valence-corrected chi connectivity index (χ3v) is 3.95. The van der Waals surface area contributed by atoms with Crippen LogP contribution in [0.3, 0.4) is 0 Å². The fraction of sp³-hybridized carbons (Fsp3) is 0.455. The number of nitro groups is 1. The fourth-order valence-corrected chi connectivity index (χ4v) is 2.76. The maximum Gasteiger partial charge on any atom is 0.270 e. The van der Waals surface area contributed by atoms with Crippen molar-refractivity contribution in [1.29, 1.82) is 0 Å². The zero-order valence-electron chi connectivity index (χ0n) is 10.8. The lowest BCUT2D eigenvalue weighted by atomic mass is 10.3. The van der Waals surface area contributed by atoms with Gasteiger partial charge >= 0.3 is 0 Å². The number of nitro benzene ring substituents is 1. The van der Waals surface area contributed by atoms with Crippen LogP contribution in [0.4, 0.5) is 11.4 Å². The van der Waals surface area contributed by atoms with Crippen molar-refractivity contribution in [3.05, 3.63) is 28.3 Å². The normalized spacial score (nSPS) is 11.3. The van der Waals surface area contributed by atoms with Crippen LogP contribution in [0.2, 0.25) is 0 Å². The highest BCUT2D eigenvalue weighted by Gasteiger charge is 2.21. The fourth-order valence-electron chi connectivity index (χ4n) is 1.52. The van der Waals surface area contributed by atoms with Crippen LogP contribution in [-0.2, 0) is 10.0 Å². The molecule has 1 aromatic carbocycles. The molecule has 0 aliphatic rings. The van der Waals surface area contributed by atoms with Crippen LogP contribution in [0.25, 0.3) is 0 Å². The molecule has 0 saturated heterocycles. The van der Waals surface area contributed by atoms with Crippen molar-refractivity contribution in [1.82, 2.24) is 4.72 Å². The van der Waals surface area contributed by atoms with E-state index in [-0.39, 0.29) is 17.1 Å². The SMILES string of the molecule is CCCNc1ccc([N+](=O)[O-])cc1S(=O)(=O)NCC. The van der Waals surface area contributed by atoms with Crippen molar-refractivity contribution in [2.75, 3.05) is 18.4 Å². The highest BCUT2D eigenvalue weighted by atomic mass is 32.2. The van der Waals surface area contributed by atoms with Gasteiger partial charge in [-0.3, -0.25) is 10.1 Å². The van der Waals surface area contributed by atoms with Gasteiger partial charge in [-0.05, 0) is 12.5 Å². The molecule has 2 N–H and O–H groups in total. The molecule has 0 unspecified atom stereocenters. The minimum Gasteiger partial charge on any atom is -0.384 e. The quantitative estimate of drug-likeness (QED) is 0.587. The Kier molecular flexibility index (Phi) is 5.25. The van der Waals surface area contributed by atoms with E-state index in [1.54, 1.807) is 6.92 Å². The summed E-state index contributed by atoms with van der Waals surface area (Å²) in [6.07, 6.45) is 0.817. The number of nitrogens with zero attached hydrogens (tertiary/aromatic N) is 1. The lowest BCUT2D eigenvalue weighted by molar-refractivity contribution is -0.385. The number of hydrogen-bond acceptors (Lipinski definition) is 5. The Balaban J connectivity index is 3.29. The van der Waals surface area contributed by atoms with E-state index in [9.17, 15) is 18.5 Å². The van der Waals surface area contributed by atoms with Crippen molar-refractivity contribution in [3.8, 4) is 0 Å². The third kappa shape index (κ3) is 3.90. The van der Waals surface area contributed by atoms with Gasteiger partial charge in [0.2, 0.25) is 10.0 Å². The topological polar surface area (TPSA) is 101 Å². The second kappa shape index (κ2) is 6.48. The van der Waals surface area contributed by atoms with E-state index < -0.39 is 14.9 Å². The summed E-state index contributed by atoms with van der Waals surface area (Å²) in [7, 11) is -3.74. The predicted molar refractivity (Wildman–Crippen MR) is 72.7 cm³/mol. The first-order valence-corrected chi connectivity index (χ1v) is 7.42. The average molecular weight is 287 g/mol. The first kappa shape index (κ1) is 15.4. The summed E-state index contributed by atoms with van der Waals surface area (Å²) in [4.78, 5) is 10.0. The van der Waals surface area contributed by atoms with E-state index in [4.69, 9.17) is 0 Å². The van der Waals surface area contributed by atoms with Gasteiger partial charge < -0.3 is 5.32 Å². The molecule has 8 heteroatoms. The van der Waals surface area contributed by atoms with E-state index in [2.05, 4.69) is 10.0 Å². The van der Waals surface area contributed by atoms with Crippen LogP contribution < -0.4 is 10.0 Å². The lowest BCUT2D eigenvalue weighted by Crippen LogP contribution is -2.24. The Hall–Kier alpha value is -1.67. The number of rotatable bonds is 7. The molecule has 7 nitrogen and oxygen atoms in total. The zero-order chi connectivity index (χ0) is 14.5. The lowest BCUT2D eigenvalue weighted by Gasteiger charge is -2.12. The number of non-ortho nitro benzene ring substituents is 1. The van der Waals surface area contributed by atoms with E-state index in [1.807, 2.05) is 6.92 Å². The molecule has 0 radical (unpaired) electrons. The van der Waals surface area contributed by atoms with Crippen molar-refractivity contribution < 1.29 is 13.3 Å². The monoisotopic (exact) mass is 287 g/mol. The smallest absolute Gasteiger partial charge is 0.270 e. The molecule has 0 aliphatic heterocycles. The molecule has 19 heavy (non-hydrogen) atoms. The Morgan fingerprint density at radius 2 is 2.00 bits per heavy atom. The van der Waals surface area contributed by atoms with E-state index >= 15 is 0 Å². The molecule has 0 fully saturated rings. The predicted octanol–water partition coefficient (Wildman–Crippen LogP) is 1.71. The molecule has 106 valence electrons. The molecule has 1 aromatic rings. The van der Waals surface area contributed by atoms with Gasteiger partial charge in [0, 0.05) is 25.2 Å². The maximum absolute atomic E-state index is 12.0. The summed E-state index contributed by atoms with van der Waals surface area (Å²) in [5, 5.41) is 13.7. The van der Waals surface area contributed by atoms with Gasteiger partial charge in [-0.15, -0.1) is 0 Å². The van der Waals surface area contributed by atoms with Gasteiger partial charge in [-0.25, -0.2) is 13.1 Å². The van der Waals surface area contributed by atoms with Crippen molar-refractivity contribution in [2.24, 2.45) is 0 Å². The van der Waals surface area contributed by atoms with Gasteiger partial charge in [0.05, 0.1) is 10.6 Å². The van der Waals surface area contributed by atoms with Crippen molar-refractivity contribution in [2.45, 2.75) is 25.2 Å². The van der Waals surface area contributed by atoms with Crippen LogP contribution in [0.15, 0.2) is 23.1 Å². The minimum atomic E-state index is -3.74. The first-order chi connectivity index (χ1) is 8.92. The number of hydrogen-bond donors (Lipinski definition) is 2. The van der Waals surface area contributed by atoms with Crippen molar-refractivity contribution in [3.63, 3.8) is 0 Å². The summed E-state index contributed by atoms with van der Waals surface area (Å²) in [5.41, 5.74) is 0.118. The summed E-state index contributed by atoms with van der Waals surface area (Å²) in [5.74, 6) is 0. The Labute approximate surface area is 112 Å². The molecule has 0 saturated carbocycles. The summed E-state index contributed by atoms with van der Waals surface area (Å²) < 4.78 is 26.4. The number of benzene rings is 1. The first-order valence-electron chi connectivity index (χ1n) is 5.94. The van der Waals surface area contributed by atoms with Crippen LogP contribution in [0.5, 0.6) is 0 Å². The van der Waals surface area contributed by atoms with Crippen molar-refractivity contribution >= 4 is 21.4 Å². The Morgan fingerprint density at radius 3 is 2.53 bits per heavy atom. The molecule has 0 aromatic heterocycles. The van der Waals surface area contributed by atoms with Gasteiger partial charge in [-0.1, -0.05) is 13.8 Å². The second-order valence-corrected chi connectivity index (χ2v) is 5.60. The molecule has 0 amide bonds. The molecule has 0 spiro atoms. The van der Waals surface area contributed by atoms with E-state index in [0.717, 1.165) is 12.5 Å². The molecular formula is C11H17N3O4S. The van der Waals surface area contributed by atoms with Crippen LogP contribution in [-0.4, -0.2) is 26.4 Å². The molecule has 0 heterocycles. The largest absolute Gasteiger partial charge is 0.384 e. The van der Waals surface area contributed by atoms with Crippen LogP contribution >= 0.6 is 0 Å². The van der Waals surface area contributed by atoms with E-state index in [0.29, 0.717) is 12.2 Å². The van der Waals surface area contributed by atoms with Gasteiger partial charge in [0.15, 0.2) is 0 Å².